The quantitative estimate of drug-likeness (QED) is 0.264. The van der Waals surface area contributed by atoms with E-state index in [2.05, 4.69) is 39.5 Å². The molecule has 0 unspecified atom stereocenters. The summed E-state index contributed by atoms with van der Waals surface area (Å²) in [6, 6.07) is 14.1. The molecule has 9 rings (SSSR count). The maximum atomic E-state index is 11.9. The molecule has 4 fully saturated rings. The van der Waals surface area contributed by atoms with Crippen LogP contribution >= 0.6 is 11.6 Å². The molecule has 5 aliphatic heterocycles. The summed E-state index contributed by atoms with van der Waals surface area (Å²) in [7, 11) is 3.25. The highest BCUT2D eigenvalue weighted by Gasteiger charge is 2.52. The van der Waals surface area contributed by atoms with Crippen molar-refractivity contribution in [2.45, 2.75) is 56.3 Å². The van der Waals surface area contributed by atoms with Crippen molar-refractivity contribution >= 4 is 23.4 Å². The van der Waals surface area contributed by atoms with E-state index in [9.17, 15) is 9.59 Å². The first-order valence-electron chi connectivity index (χ1n) is 17.8. The Morgan fingerprint density at radius 2 is 1.50 bits per heavy atom. The number of fused-ring (bicyclic) bond motifs is 1. The molecule has 7 heterocycles. The molecule has 2 N–H and O–H groups in total. The highest BCUT2D eigenvalue weighted by atomic mass is 35.5. The third kappa shape index (κ3) is 5.46. The van der Waals surface area contributed by atoms with Crippen molar-refractivity contribution in [2.75, 3.05) is 47.0 Å². The molecular formula is C39H40ClN7O5. The molecule has 52 heavy (non-hydrogen) atoms. The van der Waals surface area contributed by atoms with E-state index in [1.807, 2.05) is 30.3 Å². The Hall–Kier alpha value is -4.78. The number of carbonyl (C=O) groups excluding carboxylic acids is 2. The van der Waals surface area contributed by atoms with Crippen LogP contribution in [0.5, 0.6) is 17.5 Å². The minimum absolute atomic E-state index is 0.0170. The molecule has 12 nitrogen and oxygen atoms in total. The molecule has 0 saturated carbocycles. The number of benzene rings is 2. The molecule has 4 saturated heterocycles. The smallest absolute Gasteiger partial charge is 0.237 e. The molecule has 4 aromatic rings. The van der Waals surface area contributed by atoms with Crippen molar-refractivity contribution in [1.82, 2.24) is 35.4 Å². The van der Waals surface area contributed by atoms with Crippen LogP contribution in [-0.2, 0) is 16.1 Å². The van der Waals surface area contributed by atoms with Crippen molar-refractivity contribution in [2.24, 2.45) is 0 Å². The zero-order valence-corrected chi connectivity index (χ0v) is 30.2. The standard InChI is InChI=1S/C39H40ClN7O5/c1-22-23(6-4-7-24(22)27-14-31-34(37(42-27)51-3)30(17-52-31)47-20-39(21-47)13-11-33(49)45-39)25-8-5-9-26(35(25)40)28-15-41-29(36(43-28)50-2)16-46-18-38(19-46)12-10-32(48)44-38/h4-9,14-15,30H,10-13,16-21H2,1-3H3,(H,44,48)(H,45,49)/t30-/m0/s1. The van der Waals surface area contributed by atoms with Gasteiger partial charge in [-0.15, -0.1) is 0 Å². The van der Waals surface area contributed by atoms with Crippen molar-refractivity contribution in [3.63, 3.8) is 0 Å². The number of rotatable bonds is 8. The molecule has 268 valence electrons. The van der Waals surface area contributed by atoms with Crippen molar-refractivity contribution in [1.29, 1.82) is 0 Å². The zero-order chi connectivity index (χ0) is 35.8. The molecule has 5 aliphatic rings. The highest BCUT2D eigenvalue weighted by Crippen LogP contribution is 2.48. The van der Waals surface area contributed by atoms with Crippen LogP contribution in [0, 0.1) is 6.92 Å². The first kappa shape index (κ1) is 33.1. The predicted molar refractivity (Wildman–Crippen MR) is 194 cm³/mol. The highest BCUT2D eigenvalue weighted by molar-refractivity contribution is 6.36. The molecule has 0 bridgehead atoms. The summed E-state index contributed by atoms with van der Waals surface area (Å²) in [5.41, 5.74) is 7.38. The number of pyridine rings is 1. The number of amides is 2. The Morgan fingerprint density at radius 1 is 0.865 bits per heavy atom. The molecule has 0 radical (unpaired) electrons. The lowest BCUT2D eigenvalue weighted by Crippen LogP contribution is -2.67. The van der Waals surface area contributed by atoms with E-state index in [-0.39, 0.29) is 28.9 Å². The molecule has 0 aliphatic carbocycles. The van der Waals surface area contributed by atoms with E-state index in [0.717, 1.165) is 89.5 Å². The van der Waals surface area contributed by atoms with Crippen LogP contribution in [0.3, 0.4) is 0 Å². The normalized spacial score (nSPS) is 21.3. The average Bonchev–Trinajstić information content (AvgIpc) is 3.84. The number of aromatic nitrogens is 3. The van der Waals surface area contributed by atoms with E-state index < -0.39 is 0 Å². The Morgan fingerprint density at radius 3 is 2.17 bits per heavy atom. The van der Waals surface area contributed by atoms with Crippen LogP contribution in [-0.4, -0.2) is 94.6 Å². The second-order valence-corrected chi connectivity index (χ2v) is 15.2. The van der Waals surface area contributed by atoms with E-state index in [1.165, 1.54) is 0 Å². The number of hydrogen-bond acceptors (Lipinski definition) is 10. The summed E-state index contributed by atoms with van der Waals surface area (Å²) in [4.78, 5) is 42.8. The number of ether oxygens (including phenoxy) is 3. The maximum Gasteiger partial charge on any atom is 0.237 e. The molecule has 1 atom stereocenters. The van der Waals surface area contributed by atoms with Gasteiger partial charge in [-0.1, -0.05) is 48.0 Å². The van der Waals surface area contributed by atoms with Gasteiger partial charge in [-0.05, 0) is 30.9 Å². The summed E-state index contributed by atoms with van der Waals surface area (Å²) in [6.45, 7) is 6.33. The Balaban J connectivity index is 0.973. The largest absolute Gasteiger partial charge is 0.491 e. The van der Waals surface area contributed by atoms with Gasteiger partial charge in [-0.2, -0.15) is 0 Å². The van der Waals surface area contributed by atoms with E-state index in [4.69, 9.17) is 40.8 Å². The topological polar surface area (TPSA) is 131 Å². The van der Waals surface area contributed by atoms with Gasteiger partial charge in [0.2, 0.25) is 23.6 Å². The molecular weight excluding hydrogens is 682 g/mol. The average molecular weight is 722 g/mol. The SMILES string of the molecule is COc1nc(-c2cccc(-c3cccc(-c4cc5c(c(OC)n4)[C@@H](N4CC6(CCC(=O)N6)C4)CO5)c3C)c2Cl)cnc1CN1CC2(CCC(=O)N2)C1. The fourth-order valence-electron chi connectivity index (χ4n) is 8.82. The van der Waals surface area contributed by atoms with Gasteiger partial charge in [0.25, 0.3) is 0 Å². The van der Waals surface area contributed by atoms with Gasteiger partial charge in [0, 0.05) is 68.3 Å². The van der Waals surface area contributed by atoms with Crippen LogP contribution < -0.4 is 24.8 Å². The fraction of sp³-hybridized carbons (Fsp3) is 0.410. The molecule has 13 heteroatoms. The van der Waals surface area contributed by atoms with Gasteiger partial charge >= 0.3 is 0 Å². The van der Waals surface area contributed by atoms with Crippen LogP contribution in [0.15, 0.2) is 48.7 Å². The lowest BCUT2D eigenvalue weighted by atomic mass is 9.86. The maximum absolute atomic E-state index is 11.9. The minimum Gasteiger partial charge on any atom is -0.491 e. The van der Waals surface area contributed by atoms with Crippen molar-refractivity contribution in [3.8, 4) is 51.2 Å². The Bertz CT molecular complexity index is 2130. The monoisotopic (exact) mass is 721 g/mol. The first-order valence-corrected chi connectivity index (χ1v) is 18.1. The Labute approximate surface area is 306 Å². The summed E-state index contributed by atoms with van der Waals surface area (Å²) in [5, 5.41) is 6.86. The lowest BCUT2D eigenvalue weighted by molar-refractivity contribution is -0.121. The van der Waals surface area contributed by atoms with Gasteiger partial charge < -0.3 is 24.8 Å². The zero-order valence-electron chi connectivity index (χ0n) is 29.4. The molecule has 2 aromatic heterocycles. The predicted octanol–water partition coefficient (Wildman–Crippen LogP) is 4.71. The van der Waals surface area contributed by atoms with Crippen molar-refractivity contribution in [3.05, 3.63) is 70.5 Å². The number of nitrogens with one attached hydrogen (secondary N) is 2. The van der Waals surface area contributed by atoms with E-state index >= 15 is 0 Å². The summed E-state index contributed by atoms with van der Waals surface area (Å²) < 4.78 is 17.8. The lowest BCUT2D eigenvalue weighted by Gasteiger charge is -2.50. The summed E-state index contributed by atoms with van der Waals surface area (Å²) in [5.74, 6) is 2.03. The van der Waals surface area contributed by atoms with Crippen LogP contribution in [0.25, 0.3) is 33.6 Å². The van der Waals surface area contributed by atoms with Crippen LogP contribution in [0.4, 0.5) is 0 Å². The third-order valence-electron chi connectivity index (χ3n) is 11.4. The number of hydrogen-bond donors (Lipinski definition) is 2. The molecule has 2 amide bonds. The van der Waals surface area contributed by atoms with Crippen molar-refractivity contribution < 1.29 is 23.8 Å². The van der Waals surface area contributed by atoms with Gasteiger partial charge in [0.05, 0.1) is 59.5 Å². The fourth-order valence-corrected chi connectivity index (χ4v) is 9.14. The van der Waals surface area contributed by atoms with Gasteiger partial charge in [0.1, 0.15) is 18.1 Å². The molecule has 2 aromatic carbocycles. The minimum atomic E-state index is -0.117. The van der Waals surface area contributed by atoms with Crippen LogP contribution in [0.1, 0.15) is 48.5 Å². The van der Waals surface area contributed by atoms with Gasteiger partial charge in [-0.3, -0.25) is 24.4 Å². The Kier molecular flexibility index (Phi) is 7.90. The van der Waals surface area contributed by atoms with E-state index in [1.54, 1.807) is 20.4 Å². The second kappa shape index (κ2) is 12.4. The number of carbonyl (C=O) groups is 2. The summed E-state index contributed by atoms with van der Waals surface area (Å²) in [6.07, 6.45) is 4.67. The van der Waals surface area contributed by atoms with E-state index in [0.29, 0.717) is 48.5 Å². The number of nitrogens with zero attached hydrogens (tertiary/aromatic N) is 5. The number of methoxy groups -OCH3 is 2. The van der Waals surface area contributed by atoms with Gasteiger partial charge in [-0.25, -0.2) is 9.97 Å². The number of likely N-dealkylation sites (tertiary alicyclic amines) is 2. The third-order valence-corrected chi connectivity index (χ3v) is 11.8. The molecule has 2 spiro atoms. The van der Waals surface area contributed by atoms with Gasteiger partial charge in [0.15, 0.2) is 0 Å². The van der Waals surface area contributed by atoms with Crippen LogP contribution in [0.2, 0.25) is 5.02 Å². The second-order valence-electron chi connectivity index (χ2n) is 14.8. The summed E-state index contributed by atoms with van der Waals surface area (Å²) >= 11 is 7.19. The first-order chi connectivity index (χ1) is 25.2. The number of halogens is 1.